The molecule has 35 heavy (non-hydrogen) atoms. The quantitative estimate of drug-likeness (QED) is 0.259. The van der Waals surface area contributed by atoms with Crippen molar-refractivity contribution in [3.05, 3.63) is 139 Å². The minimum absolute atomic E-state index is 1.15. The molecule has 1 heteroatoms. The van der Waals surface area contributed by atoms with Crippen molar-refractivity contribution in [1.82, 2.24) is 0 Å². The first-order valence-corrected chi connectivity index (χ1v) is 12.1. The first-order valence-electron chi connectivity index (χ1n) is 12.1. The molecule has 0 fully saturated rings. The van der Waals surface area contributed by atoms with E-state index >= 15 is 0 Å². The predicted molar refractivity (Wildman–Crippen MR) is 151 cm³/mol. The van der Waals surface area contributed by atoms with Crippen LogP contribution in [0.3, 0.4) is 0 Å². The second-order valence-corrected chi connectivity index (χ2v) is 9.11. The van der Waals surface area contributed by atoms with Crippen LogP contribution in [-0.4, -0.2) is 0 Å². The molecule has 0 spiro atoms. The molecule has 6 aromatic carbocycles. The highest BCUT2D eigenvalue weighted by Gasteiger charge is 2.21. The summed E-state index contributed by atoms with van der Waals surface area (Å²) in [5.41, 5.74) is 8.56. The Hall–Kier alpha value is -4.36. The van der Waals surface area contributed by atoms with Gasteiger partial charge in [0.05, 0.1) is 5.69 Å². The number of para-hydroxylation sites is 2. The van der Waals surface area contributed by atoms with Crippen LogP contribution < -0.4 is 4.90 Å². The zero-order valence-corrected chi connectivity index (χ0v) is 20.1. The summed E-state index contributed by atoms with van der Waals surface area (Å²) in [6.07, 6.45) is 0. The molecule has 6 rings (SSSR count). The van der Waals surface area contributed by atoms with E-state index in [1.165, 1.54) is 55.2 Å². The summed E-state index contributed by atoms with van der Waals surface area (Å²) in [5, 5.41) is 5.08. The van der Waals surface area contributed by atoms with Gasteiger partial charge in [0.15, 0.2) is 0 Å². The molecule has 0 bridgehead atoms. The van der Waals surface area contributed by atoms with Crippen LogP contribution in [-0.2, 0) is 0 Å². The van der Waals surface area contributed by atoms with Crippen molar-refractivity contribution in [2.24, 2.45) is 0 Å². The van der Waals surface area contributed by atoms with Gasteiger partial charge in [0, 0.05) is 16.9 Å². The van der Waals surface area contributed by atoms with E-state index in [9.17, 15) is 0 Å². The van der Waals surface area contributed by atoms with Crippen molar-refractivity contribution < 1.29 is 0 Å². The fourth-order valence-corrected chi connectivity index (χ4v) is 5.22. The smallest absolute Gasteiger partial charge is 0.0546 e. The molecule has 0 unspecified atom stereocenters. The molecule has 0 aliphatic heterocycles. The first-order chi connectivity index (χ1) is 17.2. The lowest BCUT2D eigenvalue weighted by Crippen LogP contribution is -2.12. The summed E-state index contributed by atoms with van der Waals surface area (Å²) in [6.45, 7) is 4.39. The number of nitrogens with zero attached hydrogens (tertiary/aromatic N) is 1. The Morgan fingerprint density at radius 3 is 1.94 bits per heavy atom. The molecule has 0 saturated carbocycles. The van der Waals surface area contributed by atoms with Crippen molar-refractivity contribution in [2.45, 2.75) is 13.8 Å². The van der Waals surface area contributed by atoms with Crippen molar-refractivity contribution >= 4 is 38.6 Å². The molecular weight excluding hydrogens is 422 g/mol. The highest BCUT2D eigenvalue weighted by Crippen LogP contribution is 2.46. The molecule has 0 amide bonds. The fraction of sp³-hybridized carbons (Fsp3) is 0.0588. The van der Waals surface area contributed by atoms with Gasteiger partial charge >= 0.3 is 0 Å². The van der Waals surface area contributed by atoms with Crippen molar-refractivity contribution in [3.63, 3.8) is 0 Å². The van der Waals surface area contributed by atoms with Gasteiger partial charge in [0.2, 0.25) is 0 Å². The Morgan fingerprint density at radius 2 is 1.09 bits per heavy atom. The maximum atomic E-state index is 2.41. The second-order valence-electron chi connectivity index (χ2n) is 9.11. The van der Waals surface area contributed by atoms with Crippen molar-refractivity contribution in [3.8, 4) is 11.1 Å². The fourth-order valence-electron chi connectivity index (χ4n) is 5.22. The van der Waals surface area contributed by atoms with Crippen LogP contribution in [0.2, 0.25) is 0 Å². The summed E-state index contributed by atoms with van der Waals surface area (Å²) in [6, 6.07) is 45.9. The summed E-state index contributed by atoms with van der Waals surface area (Å²) < 4.78 is 0. The summed E-state index contributed by atoms with van der Waals surface area (Å²) >= 11 is 0. The molecule has 0 heterocycles. The third-order valence-electron chi connectivity index (χ3n) is 6.93. The number of anilines is 3. The zero-order valence-electron chi connectivity index (χ0n) is 20.1. The molecule has 0 aliphatic carbocycles. The van der Waals surface area contributed by atoms with E-state index in [4.69, 9.17) is 0 Å². The van der Waals surface area contributed by atoms with Gasteiger partial charge in [-0.3, -0.25) is 0 Å². The average molecular weight is 450 g/mol. The van der Waals surface area contributed by atoms with E-state index in [0.717, 1.165) is 5.69 Å². The number of benzene rings is 6. The molecule has 168 valence electrons. The third-order valence-corrected chi connectivity index (χ3v) is 6.93. The Balaban J connectivity index is 1.76. The number of hydrogen-bond acceptors (Lipinski definition) is 1. The highest BCUT2D eigenvalue weighted by molar-refractivity contribution is 6.12. The Morgan fingerprint density at radius 1 is 0.429 bits per heavy atom. The predicted octanol–water partition coefficient (Wildman–Crippen LogP) is 9.75. The topological polar surface area (TPSA) is 3.24 Å². The van der Waals surface area contributed by atoms with Crippen LogP contribution in [0.4, 0.5) is 17.1 Å². The average Bonchev–Trinajstić information content (AvgIpc) is 2.90. The minimum atomic E-state index is 1.15. The maximum absolute atomic E-state index is 2.41. The number of rotatable bonds is 4. The molecular formula is C34H27N. The minimum Gasteiger partial charge on any atom is -0.310 e. The summed E-state index contributed by atoms with van der Waals surface area (Å²) in [4.78, 5) is 2.41. The summed E-state index contributed by atoms with van der Waals surface area (Å²) in [5.74, 6) is 0. The van der Waals surface area contributed by atoms with E-state index in [2.05, 4.69) is 146 Å². The molecule has 0 saturated heterocycles. The Labute approximate surface area is 206 Å². The van der Waals surface area contributed by atoms with Crippen LogP contribution in [0.25, 0.3) is 32.7 Å². The summed E-state index contributed by atoms with van der Waals surface area (Å²) in [7, 11) is 0. The van der Waals surface area contributed by atoms with Crippen LogP contribution in [0.1, 0.15) is 11.1 Å². The molecule has 0 aliphatic rings. The largest absolute Gasteiger partial charge is 0.310 e. The second kappa shape index (κ2) is 8.77. The molecule has 6 aromatic rings. The van der Waals surface area contributed by atoms with Gasteiger partial charge in [0.25, 0.3) is 0 Å². The van der Waals surface area contributed by atoms with Crippen LogP contribution >= 0.6 is 0 Å². The molecule has 0 radical (unpaired) electrons. The SMILES string of the molecule is Cc1ccccc1N(c1ccccc1)c1ccc2c(C)cccc2c1-c1cccc2ccccc12. The third kappa shape index (κ3) is 3.66. The monoisotopic (exact) mass is 449 g/mol. The molecule has 0 N–H and O–H groups in total. The van der Waals surface area contributed by atoms with E-state index in [-0.39, 0.29) is 0 Å². The molecule has 0 aromatic heterocycles. The lowest BCUT2D eigenvalue weighted by atomic mass is 9.90. The zero-order chi connectivity index (χ0) is 23.8. The maximum Gasteiger partial charge on any atom is 0.0546 e. The van der Waals surface area contributed by atoms with Crippen LogP contribution in [0.5, 0.6) is 0 Å². The van der Waals surface area contributed by atoms with Gasteiger partial charge in [-0.05, 0) is 76.3 Å². The lowest BCUT2D eigenvalue weighted by molar-refractivity contribution is 1.25. The van der Waals surface area contributed by atoms with Crippen molar-refractivity contribution in [2.75, 3.05) is 4.90 Å². The van der Waals surface area contributed by atoms with Gasteiger partial charge in [-0.25, -0.2) is 0 Å². The Kier molecular flexibility index (Phi) is 5.31. The number of aryl methyl sites for hydroxylation is 2. The van der Waals surface area contributed by atoms with Gasteiger partial charge in [-0.2, -0.15) is 0 Å². The van der Waals surface area contributed by atoms with Crippen LogP contribution in [0, 0.1) is 13.8 Å². The highest BCUT2D eigenvalue weighted by atomic mass is 15.1. The van der Waals surface area contributed by atoms with Gasteiger partial charge in [0.1, 0.15) is 0 Å². The van der Waals surface area contributed by atoms with Crippen molar-refractivity contribution in [1.29, 1.82) is 0 Å². The first kappa shape index (κ1) is 21.2. The van der Waals surface area contributed by atoms with E-state index < -0.39 is 0 Å². The standard InChI is InChI=1S/C34H27N/c1-24-13-10-19-30-28(24)22-23-33(34(30)31-20-11-15-26-14-7-8-18-29(26)31)35(27-16-4-3-5-17-27)32-21-9-6-12-25(32)2/h3-23H,1-2H3. The molecule has 0 atom stereocenters. The lowest BCUT2D eigenvalue weighted by Gasteiger charge is -2.30. The van der Waals surface area contributed by atoms with Gasteiger partial charge in [-0.15, -0.1) is 0 Å². The van der Waals surface area contributed by atoms with E-state index in [1.54, 1.807) is 0 Å². The Bertz CT molecular complexity index is 1660. The van der Waals surface area contributed by atoms with Gasteiger partial charge < -0.3 is 4.90 Å². The van der Waals surface area contributed by atoms with Crippen LogP contribution in [0.15, 0.2) is 127 Å². The number of hydrogen-bond donors (Lipinski definition) is 0. The molecule has 1 nitrogen and oxygen atoms in total. The van der Waals surface area contributed by atoms with E-state index in [1.807, 2.05) is 0 Å². The number of fused-ring (bicyclic) bond motifs is 2. The normalized spacial score (nSPS) is 11.1. The van der Waals surface area contributed by atoms with Gasteiger partial charge in [-0.1, -0.05) is 103 Å². The van der Waals surface area contributed by atoms with E-state index in [0.29, 0.717) is 0 Å².